The van der Waals surface area contributed by atoms with Crippen molar-refractivity contribution >= 4 is 33.8 Å². The first-order valence-electron chi connectivity index (χ1n) is 10.8. The molecule has 0 bridgehead atoms. The number of hydrogen-bond acceptors (Lipinski definition) is 6. The number of furan rings is 1. The Kier molecular flexibility index (Phi) is 5.60. The third-order valence-electron chi connectivity index (χ3n) is 6.35. The summed E-state index contributed by atoms with van der Waals surface area (Å²) in [5, 5.41) is 15.4. The quantitative estimate of drug-likeness (QED) is 0.609. The molecule has 1 N–H and O–H groups in total. The van der Waals surface area contributed by atoms with E-state index in [9.17, 15) is 19.5 Å². The van der Waals surface area contributed by atoms with Crippen molar-refractivity contribution in [1.82, 2.24) is 5.32 Å². The molecule has 3 aromatic rings. The van der Waals surface area contributed by atoms with Gasteiger partial charge >= 0.3 is 5.63 Å². The predicted octanol–water partition coefficient (Wildman–Crippen LogP) is 2.61. The third-order valence-corrected chi connectivity index (χ3v) is 6.35. The molecule has 31 heavy (non-hydrogen) atoms. The summed E-state index contributed by atoms with van der Waals surface area (Å²) in [7, 11) is 0. The van der Waals surface area contributed by atoms with E-state index in [1.54, 1.807) is 6.92 Å². The molecule has 1 aliphatic carbocycles. The summed E-state index contributed by atoms with van der Waals surface area (Å²) in [6, 6.07) is 1.00. The third kappa shape index (κ3) is 3.73. The number of rotatable bonds is 6. The molecule has 0 unspecified atom stereocenters. The maximum absolute atomic E-state index is 12.7. The van der Waals surface area contributed by atoms with Crippen LogP contribution >= 0.6 is 0 Å². The molecule has 164 valence electrons. The van der Waals surface area contributed by atoms with Crippen molar-refractivity contribution in [3.63, 3.8) is 0 Å². The van der Waals surface area contributed by atoms with Crippen LogP contribution in [-0.2, 0) is 28.9 Å². The first kappa shape index (κ1) is 21.2. The van der Waals surface area contributed by atoms with Crippen LogP contribution in [0.25, 0.3) is 21.9 Å². The number of fused-ring (bicyclic) bond motifs is 4. The van der Waals surface area contributed by atoms with Crippen molar-refractivity contribution < 1.29 is 23.5 Å². The van der Waals surface area contributed by atoms with Gasteiger partial charge in [-0.25, -0.2) is 4.79 Å². The highest BCUT2D eigenvalue weighted by atomic mass is 16.4. The lowest BCUT2D eigenvalue weighted by Crippen LogP contribution is -2.47. The molecule has 0 aliphatic heterocycles. The van der Waals surface area contributed by atoms with Crippen LogP contribution in [0.1, 0.15) is 60.6 Å². The van der Waals surface area contributed by atoms with Crippen molar-refractivity contribution in [3.05, 3.63) is 44.5 Å². The summed E-state index contributed by atoms with van der Waals surface area (Å²) in [5.41, 5.74) is 4.07. The van der Waals surface area contributed by atoms with Crippen LogP contribution in [0.3, 0.4) is 0 Å². The minimum absolute atomic E-state index is 0.0107. The molecule has 2 heterocycles. The molecule has 1 atom stereocenters. The second kappa shape index (κ2) is 8.21. The number of nitrogens with one attached hydrogen (secondary N) is 1. The lowest BCUT2D eigenvalue weighted by atomic mass is 9.93. The zero-order valence-corrected chi connectivity index (χ0v) is 18.1. The molecule has 7 heteroatoms. The highest BCUT2D eigenvalue weighted by Gasteiger charge is 2.23. The Morgan fingerprint density at radius 1 is 1.10 bits per heavy atom. The average molecular weight is 424 g/mol. The van der Waals surface area contributed by atoms with Gasteiger partial charge in [-0.05, 0) is 57.6 Å². The minimum atomic E-state index is -1.32. The average Bonchev–Trinajstić information content (AvgIpc) is 3.12. The van der Waals surface area contributed by atoms with Crippen molar-refractivity contribution in [1.29, 1.82) is 0 Å². The fourth-order valence-corrected chi connectivity index (χ4v) is 4.54. The number of carboxylic acids is 1. The van der Waals surface area contributed by atoms with Gasteiger partial charge in [0.05, 0.1) is 12.0 Å². The molecule has 0 spiro atoms. The van der Waals surface area contributed by atoms with E-state index >= 15 is 0 Å². The van der Waals surface area contributed by atoms with Gasteiger partial charge in [-0.2, -0.15) is 0 Å². The van der Waals surface area contributed by atoms with Gasteiger partial charge in [-0.15, -0.1) is 0 Å². The number of aliphatic carboxylic acids is 1. The predicted molar refractivity (Wildman–Crippen MR) is 114 cm³/mol. The monoisotopic (exact) mass is 424 g/mol. The largest absolute Gasteiger partial charge is 0.548 e. The van der Waals surface area contributed by atoms with E-state index in [0.717, 1.165) is 58.9 Å². The smallest absolute Gasteiger partial charge is 0.339 e. The summed E-state index contributed by atoms with van der Waals surface area (Å²) in [6.45, 7) is 5.42. The van der Waals surface area contributed by atoms with Crippen LogP contribution in [0.4, 0.5) is 0 Å². The maximum Gasteiger partial charge on any atom is 0.339 e. The molecule has 2 aromatic heterocycles. The number of hydrogen-bond donors (Lipinski definition) is 1. The van der Waals surface area contributed by atoms with Gasteiger partial charge in [-0.1, -0.05) is 6.92 Å². The lowest BCUT2D eigenvalue weighted by Gasteiger charge is -2.17. The molecule has 1 amide bonds. The van der Waals surface area contributed by atoms with Crippen LogP contribution in [0.5, 0.6) is 0 Å². The Morgan fingerprint density at radius 3 is 2.52 bits per heavy atom. The van der Waals surface area contributed by atoms with Crippen LogP contribution in [-0.4, -0.2) is 17.9 Å². The van der Waals surface area contributed by atoms with Gasteiger partial charge < -0.3 is 24.1 Å². The second-order valence-electron chi connectivity index (χ2n) is 8.31. The fourth-order valence-electron chi connectivity index (χ4n) is 4.54. The standard InChI is InChI=1S/C24H27NO6/c1-4-18(23(27)28)25-20(26)10-9-14-12(2)16-11-17-15-7-5-6-8-19(15)30-22(17)13(3)21(16)31-24(14)29/h11,18H,4-10H2,1-3H3,(H,25,26)(H,27,28)/p-1/t18-/m1/s1. The van der Waals surface area contributed by atoms with Gasteiger partial charge in [0.15, 0.2) is 0 Å². The van der Waals surface area contributed by atoms with Gasteiger partial charge in [-0.3, -0.25) is 4.79 Å². The van der Waals surface area contributed by atoms with Crippen molar-refractivity contribution in [2.24, 2.45) is 0 Å². The highest BCUT2D eigenvalue weighted by Crippen LogP contribution is 2.37. The Hall–Kier alpha value is -3.09. The number of amides is 1. The van der Waals surface area contributed by atoms with E-state index < -0.39 is 23.5 Å². The van der Waals surface area contributed by atoms with E-state index in [0.29, 0.717) is 11.1 Å². The SMILES string of the molecule is CC[C@@H](NC(=O)CCc1c(C)c2cc3c4c(oc3c(C)c2oc1=O)CCCC4)C(=O)[O-]. The Bertz CT molecular complexity index is 1250. The summed E-state index contributed by atoms with van der Waals surface area (Å²) in [5.74, 6) is -0.736. The molecule has 0 fully saturated rings. The molecular weight excluding hydrogens is 398 g/mol. The summed E-state index contributed by atoms with van der Waals surface area (Å²) >= 11 is 0. The molecule has 0 radical (unpaired) electrons. The lowest BCUT2D eigenvalue weighted by molar-refractivity contribution is -0.308. The topological polar surface area (TPSA) is 113 Å². The summed E-state index contributed by atoms with van der Waals surface area (Å²) in [4.78, 5) is 35.9. The van der Waals surface area contributed by atoms with Crippen LogP contribution < -0.4 is 16.0 Å². The minimum Gasteiger partial charge on any atom is -0.548 e. The van der Waals surface area contributed by atoms with Gasteiger partial charge in [0, 0.05) is 40.3 Å². The van der Waals surface area contributed by atoms with Gasteiger partial charge in [0.25, 0.3) is 0 Å². The van der Waals surface area contributed by atoms with Gasteiger partial charge in [0.2, 0.25) is 5.91 Å². The van der Waals surface area contributed by atoms with E-state index in [-0.39, 0.29) is 19.3 Å². The van der Waals surface area contributed by atoms with Gasteiger partial charge in [0.1, 0.15) is 16.9 Å². The van der Waals surface area contributed by atoms with Crippen LogP contribution in [0, 0.1) is 13.8 Å². The summed E-state index contributed by atoms with van der Waals surface area (Å²) < 4.78 is 11.8. The second-order valence-corrected chi connectivity index (χ2v) is 8.31. The number of aryl methyl sites for hydroxylation is 4. The first-order valence-corrected chi connectivity index (χ1v) is 10.8. The van der Waals surface area contributed by atoms with Crippen molar-refractivity contribution in [2.75, 3.05) is 0 Å². The zero-order chi connectivity index (χ0) is 22.3. The Morgan fingerprint density at radius 2 is 1.81 bits per heavy atom. The van der Waals surface area contributed by atoms with E-state index in [4.69, 9.17) is 8.83 Å². The highest BCUT2D eigenvalue weighted by molar-refractivity contribution is 6.00. The van der Waals surface area contributed by atoms with Crippen LogP contribution in [0.2, 0.25) is 0 Å². The summed E-state index contributed by atoms with van der Waals surface area (Å²) in [6.07, 6.45) is 4.54. The normalized spacial score (nSPS) is 14.5. The number of benzene rings is 1. The van der Waals surface area contributed by atoms with Crippen molar-refractivity contribution in [2.45, 2.75) is 71.8 Å². The first-order chi connectivity index (χ1) is 14.8. The van der Waals surface area contributed by atoms with Crippen molar-refractivity contribution in [3.8, 4) is 0 Å². The number of carbonyl (C=O) groups excluding carboxylic acids is 2. The van der Waals surface area contributed by atoms with E-state index in [2.05, 4.69) is 5.32 Å². The molecule has 7 nitrogen and oxygen atoms in total. The van der Waals surface area contributed by atoms with Crippen LogP contribution in [0.15, 0.2) is 19.7 Å². The number of carbonyl (C=O) groups is 2. The Balaban J connectivity index is 1.70. The molecule has 1 aliphatic rings. The molecule has 0 saturated heterocycles. The molecule has 1 aromatic carbocycles. The number of carboxylic acid groups (broad SMARTS) is 1. The molecule has 0 saturated carbocycles. The fraction of sp³-hybridized carbons (Fsp3) is 0.458. The van der Waals surface area contributed by atoms with E-state index in [1.165, 1.54) is 5.56 Å². The van der Waals surface area contributed by atoms with E-state index in [1.807, 2.05) is 19.9 Å². The zero-order valence-electron chi connectivity index (χ0n) is 18.1. The Labute approximate surface area is 179 Å². The maximum atomic E-state index is 12.7. The molecular formula is C24H26NO6-. The molecule has 4 rings (SSSR count).